The Morgan fingerprint density at radius 1 is 0.408 bits per heavy atom. The van der Waals surface area contributed by atoms with E-state index in [0.717, 1.165) is 50.1 Å². The minimum Gasteiger partial charge on any atom is -0.455 e. The maximum Gasteiger partial charge on any atom is 0.143 e. The van der Waals surface area contributed by atoms with Crippen molar-refractivity contribution in [1.82, 2.24) is 0 Å². The van der Waals surface area contributed by atoms with Crippen LogP contribution in [0.4, 0.5) is 17.1 Å². The van der Waals surface area contributed by atoms with E-state index in [-0.39, 0.29) is 0 Å². The number of para-hydroxylation sites is 2. The van der Waals surface area contributed by atoms with Crippen LogP contribution in [-0.2, 0) is 0 Å². The van der Waals surface area contributed by atoms with E-state index in [4.69, 9.17) is 4.42 Å². The Kier molecular flexibility index (Phi) is 6.39. The molecule has 2 aromatic heterocycles. The zero-order valence-electron chi connectivity index (χ0n) is 26.5. The summed E-state index contributed by atoms with van der Waals surface area (Å²) in [6.07, 6.45) is 0. The molecule has 0 fully saturated rings. The summed E-state index contributed by atoms with van der Waals surface area (Å²) in [5.41, 5.74) is 9.83. The molecule has 0 saturated carbocycles. The molecule has 0 N–H and O–H groups in total. The zero-order valence-corrected chi connectivity index (χ0v) is 27.3. The number of benzene rings is 8. The Labute approximate surface area is 287 Å². The zero-order chi connectivity index (χ0) is 32.3. The minimum absolute atomic E-state index is 0.913. The fraction of sp³-hybridized carbons (Fsp3) is 0. The van der Waals surface area contributed by atoms with E-state index < -0.39 is 0 Å². The maximum absolute atomic E-state index is 6.38. The standard InChI is InChI=1S/C46H29NOS/c1-2-11-36-31(9-1)10-7-16-42(36)47(34-24-19-30(20-25-34)33-23-28-40-39-13-4-6-18-44(39)49-45(40)29-33)35-26-21-32(22-27-35)37-14-8-15-41-38-12-3-5-17-43(38)48-46(37)41/h1-29H. The topological polar surface area (TPSA) is 16.4 Å². The normalized spacial score (nSPS) is 11.7. The van der Waals surface area contributed by atoms with Crippen molar-refractivity contribution >= 4 is 81.3 Å². The Morgan fingerprint density at radius 2 is 1.02 bits per heavy atom. The molecule has 10 rings (SSSR count). The summed E-state index contributed by atoms with van der Waals surface area (Å²) < 4.78 is 9.03. The third-order valence-electron chi connectivity index (χ3n) is 9.69. The second kappa shape index (κ2) is 11.2. The van der Waals surface area contributed by atoms with Gasteiger partial charge in [-0.25, -0.2) is 0 Å². The van der Waals surface area contributed by atoms with E-state index in [1.807, 2.05) is 23.5 Å². The summed E-state index contributed by atoms with van der Waals surface area (Å²) in [6.45, 7) is 0. The summed E-state index contributed by atoms with van der Waals surface area (Å²) in [6, 6.07) is 63.2. The molecule has 8 aromatic carbocycles. The van der Waals surface area contributed by atoms with Gasteiger partial charge in [0.2, 0.25) is 0 Å². The quantitative estimate of drug-likeness (QED) is 0.186. The molecule has 0 aliphatic heterocycles. The molecule has 0 atom stereocenters. The van der Waals surface area contributed by atoms with Crippen LogP contribution in [0.1, 0.15) is 0 Å². The van der Waals surface area contributed by atoms with Crippen molar-refractivity contribution in [2.75, 3.05) is 4.90 Å². The van der Waals surface area contributed by atoms with Crippen LogP contribution in [0.2, 0.25) is 0 Å². The molecule has 0 saturated heterocycles. The van der Waals surface area contributed by atoms with Crippen LogP contribution in [0.3, 0.4) is 0 Å². The third kappa shape index (κ3) is 4.62. The van der Waals surface area contributed by atoms with Gasteiger partial charge >= 0.3 is 0 Å². The number of furan rings is 1. The van der Waals surface area contributed by atoms with Crippen LogP contribution in [0.5, 0.6) is 0 Å². The van der Waals surface area contributed by atoms with Crippen molar-refractivity contribution in [2.24, 2.45) is 0 Å². The molecule has 10 aromatic rings. The highest BCUT2D eigenvalue weighted by Gasteiger charge is 2.17. The van der Waals surface area contributed by atoms with Crippen LogP contribution >= 0.6 is 11.3 Å². The average molecular weight is 644 g/mol. The molecule has 0 aliphatic carbocycles. The number of hydrogen-bond acceptors (Lipinski definition) is 3. The molecule has 230 valence electrons. The molecule has 3 heteroatoms. The first-order chi connectivity index (χ1) is 24.3. The van der Waals surface area contributed by atoms with E-state index >= 15 is 0 Å². The molecule has 2 nitrogen and oxygen atoms in total. The molecule has 0 aliphatic rings. The van der Waals surface area contributed by atoms with E-state index in [0.29, 0.717) is 0 Å². The minimum atomic E-state index is 0.913. The number of fused-ring (bicyclic) bond motifs is 7. The molecule has 0 amide bonds. The van der Waals surface area contributed by atoms with E-state index in [2.05, 4.69) is 169 Å². The monoisotopic (exact) mass is 643 g/mol. The third-order valence-corrected chi connectivity index (χ3v) is 10.8. The number of nitrogens with zero attached hydrogens (tertiary/aromatic N) is 1. The highest BCUT2D eigenvalue weighted by Crippen LogP contribution is 2.42. The van der Waals surface area contributed by atoms with Crippen LogP contribution in [-0.4, -0.2) is 0 Å². The lowest BCUT2D eigenvalue weighted by molar-refractivity contribution is 0.670. The smallest absolute Gasteiger partial charge is 0.143 e. The van der Waals surface area contributed by atoms with Gasteiger partial charge in [0.05, 0.1) is 5.69 Å². The summed E-state index contributed by atoms with van der Waals surface area (Å²) in [5.74, 6) is 0. The van der Waals surface area contributed by atoms with Crippen molar-refractivity contribution in [3.05, 3.63) is 176 Å². The van der Waals surface area contributed by atoms with Crippen molar-refractivity contribution in [3.8, 4) is 22.3 Å². The van der Waals surface area contributed by atoms with Crippen LogP contribution < -0.4 is 4.90 Å². The molecule has 49 heavy (non-hydrogen) atoms. The average Bonchev–Trinajstić information content (AvgIpc) is 3.74. The summed E-state index contributed by atoms with van der Waals surface area (Å²) in [5, 5.41) is 7.36. The van der Waals surface area contributed by atoms with Crippen LogP contribution in [0, 0.1) is 0 Å². The number of thiophene rings is 1. The van der Waals surface area contributed by atoms with Gasteiger partial charge in [-0.3, -0.25) is 0 Å². The SMILES string of the molecule is c1ccc2c(N(c3ccc(-c4ccc5c(c4)sc4ccccc45)cc3)c3ccc(-c4cccc5c4oc4ccccc45)cc3)cccc2c1. The van der Waals surface area contributed by atoms with Crippen molar-refractivity contribution in [3.63, 3.8) is 0 Å². The molecule has 0 bridgehead atoms. The summed E-state index contributed by atoms with van der Waals surface area (Å²) in [7, 11) is 0. The predicted molar refractivity (Wildman–Crippen MR) is 210 cm³/mol. The van der Waals surface area contributed by atoms with Gasteiger partial charge in [-0.2, -0.15) is 0 Å². The van der Waals surface area contributed by atoms with Gasteiger partial charge in [-0.1, -0.05) is 127 Å². The Balaban J connectivity index is 1.07. The van der Waals surface area contributed by atoms with Crippen molar-refractivity contribution in [2.45, 2.75) is 0 Å². The van der Waals surface area contributed by atoms with Gasteiger partial charge in [0.15, 0.2) is 0 Å². The first kappa shape index (κ1) is 27.9. The Hall–Kier alpha value is -6.16. The fourth-order valence-corrected chi connectivity index (χ4v) is 8.45. The van der Waals surface area contributed by atoms with Crippen LogP contribution in [0.15, 0.2) is 180 Å². The molecule has 0 spiro atoms. The van der Waals surface area contributed by atoms with Crippen molar-refractivity contribution < 1.29 is 4.42 Å². The van der Waals surface area contributed by atoms with E-state index in [9.17, 15) is 0 Å². The van der Waals surface area contributed by atoms with Crippen LogP contribution in [0.25, 0.3) is 75.1 Å². The lowest BCUT2D eigenvalue weighted by Gasteiger charge is -2.27. The fourth-order valence-electron chi connectivity index (χ4n) is 7.30. The van der Waals surface area contributed by atoms with Gasteiger partial charge in [0, 0.05) is 53.3 Å². The Bertz CT molecular complexity index is 2820. The van der Waals surface area contributed by atoms with Gasteiger partial charge in [0.25, 0.3) is 0 Å². The second-order valence-corrected chi connectivity index (χ2v) is 13.6. The molecular formula is C46H29NOS. The highest BCUT2D eigenvalue weighted by atomic mass is 32.1. The lowest BCUT2D eigenvalue weighted by atomic mass is 10.0. The first-order valence-corrected chi connectivity index (χ1v) is 17.4. The number of rotatable bonds is 5. The second-order valence-electron chi connectivity index (χ2n) is 12.5. The lowest BCUT2D eigenvalue weighted by Crippen LogP contribution is -2.10. The largest absolute Gasteiger partial charge is 0.455 e. The molecule has 0 unspecified atom stereocenters. The number of hydrogen-bond donors (Lipinski definition) is 0. The van der Waals surface area contributed by atoms with Gasteiger partial charge < -0.3 is 9.32 Å². The van der Waals surface area contributed by atoms with Crippen molar-refractivity contribution in [1.29, 1.82) is 0 Å². The predicted octanol–water partition coefficient (Wildman–Crippen LogP) is 13.9. The summed E-state index contributed by atoms with van der Waals surface area (Å²) in [4.78, 5) is 2.37. The Morgan fingerprint density at radius 3 is 1.86 bits per heavy atom. The van der Waals surface area contributed by atoms with Gasteiger partial charge in [0.1, 0.15) is 11.2 Å². The highest BCUT2D eigenvalue weighted by molar-refractivity contribution is 7.25. The molecule has 0 radical (unpaired) electrons. The first-order valence-electron chi connectivity index (χ1n) is 16.6. The van der Waals surface area contributed by atoms with E-state index in [1.54, 1.807) is 0 Å². The summed E-state index contributed by atoms with van der Waals surface area (Å²) >= 11 is 1.86. The van der Waals surface area contributed by atoms with Gasteiger partial charge in [-0.05, 0) is 70.6 Å². The maximum atomic E-state index is 6.38. The molecule has 2 heterocycles. The van der Waals surface area contributed by atoms with E-state index in [1.165, 1.54) is 42.1 Å². The molecular weight excluding hydrogens is 615 g/mol. The number of anilines is 3. The van der Waals surface area contributed by atoms with Gasteiger partial charge in [-0.15, -0.1) is 11.3 Å².